The number of hydrogen-bond acceptors (Lipinski definition) is 3. The monoisotopic (exact) mass is 183 g/mol. The first-order valence-electron chi connectivity index (χ1n) is 3.15. The fourth-order valence-corrected chi connectivity index (χ4v) is 2.89. The van der Waals surface area contributed by atoms with Gasteiger partial charge in [0.25, 0.3) is 0 Å². The van der Waals surface area contributed by atoms with E-state index >= 15 is 0 Å². The summed E-state index contributed by atoms with van der Waals surface area (Å²) in [5.41, 5.74) is 0. The predicted octanol–water partition coefficient (Wildman–Crippen LogP) is 0.607. The zero-order valence-corrected chi connectivity index (χ0v) is 7.32. The molecule has 0 spiro atoms. The Bertz CT molecular complexity index is 214. The van der Waals surface area contributed by atoms with Crippen molar-refractivity contribution in [1.29, 1.82) is 0 Å². The molecule has 0 aromatic rings. The maximum Gasteiger partial charge on any atom is 0.248 e. The van der Waals surface area contributed by atoms with E-state index < -0.39 is 14.4 Å². The molecule has 0 bridgehead atoms. The number of nitrogens with zero attached hydrogens (tertiary/aromatic N) is 1. The molecular formula is C5H10ClNO2S. The Labute approximate surface area is 65.4 Å². The van der Waals surface area contributed by atoms with E-state index in [2.05, 4.69) is 0 Å². The molecule has 5 heteroatoms. The molecule has 3 nitrogen and oxygen atoms in total. The molecule has 0 saturated carbocycles. The second-order valence-electron chi connectivity index (χ2n) is 2.55. The van der Waals surface area contributed by atoms with Crippen LogP contribution in [0, 0.1) is 0 Å². The van der Waals surface area contributed by atoms with E-state index in [4.69, 9.17) is 10.7 Å². The van der Waals surface area contributed by atoms with Gasteiger partial charge in [0.2, 0.25) is 9.05 Å². The van der Waals surface area contributed by atoms with E-state index in [1.165, 1.54) is 0 Å². The Morgan fingerprint density at radius 3 is 2.40 bits per heavy atom. The molecule has 0 aliphatic carbocycles. The van der Waals surface area contributed by atoms with Crippen molar-refractivity contribution >= 4 is 19.7 Å². The highest BCUT2D eigenvalue weighted by Crippen LogP contribution is 2.22. The number of hydrogen-bond donors (Lipinski definition) is 0. The number of likely N-dealkylation sites (tertiary alicyclic amines) is 1. The molecule has 1 saturated heterocycles. The van der Waals surface area contributed by atoms with Gasteiger partial charge < -0.3 is 0 Å². The summed E-state index contributed by atoms with van der Waals surface area (Å²) in [6, 6.07) is 0. The van der Waals surface area contributed by atoms with Crippen molar-refractivity contribution in [2.45, 2.75) is 18.2 Å². The number of rotatable bonds is 1. The van der Waals surface area contributed by atoms with Crippen molar-refractivity contribution in [3.8, 4) is 0 Å². The molecule has 0 aromatic heterocycles. The Kier molecular flexibility index (Phi) is 2.22. The lowest BCUT2D eigenvalue weighted by molar-refractivity contribution is 0.377. The van der Waals surface area contributed by atoms with Gasteiger partial charge in [-0.25, -0.2) is 8.42 Å². The molecule has 0 aromatic carbocycles. The molecule has 1 atom stereocenters. The first-order valence-corrected chi connectivity index (χ1v) is 5.53. The molecule has 0 amide bonds. The minimum Gasteiger partial charge on any atom is -0.289 e. The van der Waals surface area contributed by atoms with Crippen LogP contribution in [0.15, 0.2) is 0 Å². The average Bonchev–Trinajstić information content (AvgIpc) is 2.11. The minimum absolute atomic E-state index is 0.450. The van der Waals surface area contributed by atoms with E-state index in [9.17, 15) is 8.42 Å². The predicted molar refractivity (Wildman–Crippen MR) is 40.4 cm³/mol. The molecule has 1 rings (SSSR count). The minimum atomic E-state index is -3.35. The SMILES string of the molecule is CN1CCCC1S(=O)(=O)Cl. The quantitative estimate of drug-likeness (QED) is 0.559. The highest BCUT2D eigenvalue weighted by Gasteiger charge is 2.31. The van der Waals surface area contributed by atoms with Crippen LogP contribution in [0.1, 0.15) is 12.8 Å². The van der Waals surface area contributed by atoms with Crippen molar-refractivity contribution in [2.75, 3.05) is 13.6 Å². The molecule has 1 aliphatic rings. The van der Waals surface area contributed by atoms with Crippen LogP contribution in [0.4, 0.5) is 0 Å². The third kappa shape index (κ3) is 1.62. The lowest BCUT2D eigenvalue weighted by Crippen LogP contribution is -2.29. The largest absolute Gasteiger partial charge is 0.289 e. The van der Waals surface area contributed by atoms with Gasteiger partial charge >= 0.3 is 0 Å². The van der Waals surface area contributed by atoms with Gasteiger partial charge in [0.05, 0.1) is 0 Å². The topological polar surface area (TPSA) is 37.4 Å². The Balaban J connectivity index is 2.74. The summed E-state index contributed by atoms with van der Waals surface area (Å²) in [5, 5.41) is -0.450. The molecule has 60 valence electrons. The maximum atomic E-state index is 10.8. The Morgan fingerprint density at radius 2 is 2.20 bits per heavy atom. The van der Waals surface area contributed by atoms with Gasteiger partial charge in [-0.2, -0.15) is 0 Å². The van der Waals surface area contributed by atoms with Crippen LogP contribution in [0.5, 0.6) is 0 Å². The fraction of sp³-hybridized carbons (Fsp3) is 1.00. The molecule has 1 unspecified atom stereocenters. The third-order valence-electron chi connectivity index (χ3n) is 1.78. The third-order valence-corrected chi connectivity index (χ3v) is 3.64. The zero-order chi connectivity index (χ0) is 7.78. The summed E-state index contributed by atoms with van der Waals surface area (Å²) < 4.78 is 21.5. The lowest BCUT2D eigenvalue weighted by atomic mass is 10.4. The summed E-state index contributed by atoms with van der Waals surface area (Å²) in [4.78, 5) is 1.77. The van der Waals surface area contributed by atoms with E-state index in [-0.39, 0.29) is 0 Å². The fourth-order valence-electron chi connectivity index (χ4n) is 1.24. The molecule has 1 aliphatic heterocycles. The van der Waals surface area contributed by atoms with Crippen molar-refractivity contribution in [2.24, 2.45) is 0 Å². The van der Waals surface area contributed by atoms with Crippen molar-refractivity contribution in [1.82, 2.24) is 4.90 Å². The first-order chi connectivity index (χ1) is 4.52. The molecule has 0 N–H and O–H groups in total. The first kappa shape index (κ1) is 8.30. The highest BCUT2D eigenvalue weighted by atomic mass is 35.7. The molecular weight excluding hydrogens is 174 g/mol. The smallest absolute Gasteiger partial charge is 0.248 e. The van der Waals surface area contributed by atoms with E-state index in [0.29, 0.717) is 6.42 Å². The van der Waals surface area contributed by atoms with Gasteiger partial charge in [-0.05, 0) is 26.4 Å². The van der Waals surface area contributed by atoms with Crippen LogP contribution in [0.25, 0.3) is 0 Å². The molecule has 10 heavy (non-hydrogen) atoms. The number of halogens is 1. The van der Waals surface area contributed by atoms with Crippen molar-refractivity contribution in [3.63, 3.8) is 0 Å². The van der Waals surface area contributed by atoms with Crippen LogP contribution >= 0.6 is 10.7 Å². The van der Waals surface area contributed by atoms with E-state index in [1.807, 2.05) is 0 Å². The van der Waals surface area contributed by atoms with E-state index in [0.717, 1.165) is 13.0 Å². The summed E-state index contributed by atoms with van der Waals surface area (Å²) in [7, 11) is 3.59. The van der Waals surface area contributed by atoms with Crippen LogP contribution < -0.4 is 0 Å². The molecule has 1 heterocycles. The summed E-state index contributed by atoms with van der Waals surface area (Å²) in [6.07, 6.45) is 1.59. The molecule has 1 fully saturated rings. The molecule has 0 radical (unpaired) electrons. The van der Waals surface area contributed by atoms with Gasteiger partial charge in [-0.3, -0.25) is 4.90 Å². The lowest BCUT2D eigenvalue weighted by Gasteiger charge is -2.14. The summed E-state index contributed by atoms with van der Waals surface area (Å²) in [5.74, 6) is 0. The zero-order valence-electron chi connectivity index (χ0n) is 5.75. The van der Waals surface area contributed by atoms with Crippen molar-refractivity contribution < 1.29 is 8.42 Å². The van der Waals surface area contributed by atoms with E-state index in [1.54, 1.807) is 11.9 Å². The van der Waals surface area contributed by atoms with Crippen LogP contribution in [-0.2, 0) is 9.05 Å². The van der Waals surface area contributed by atoms with Gasteiger partial charge in [0.1, 0.15) is 5.37 Å². The van der Waals surface area contributed by atoms with Gasteiger partial charge in [0.15, 0.2) is 0 Å². The van der Waals surface area contributed by atoms with Crippen molar-refractivity contribution in [3.05, 3.63) is 0 Å². The Hall–Kier alpha value is 0.200. The van der Waals surface area contributed by atoms with Crippen LogP contribution in [0.2, 0.25) is 0 Å². The van der Waals surface area contributed by atoms with Gasteiger partial charge in [0, 0.05) is 10.7 Å². The second-order valence-corrected chi connectivity index (χ2v) is 5.34. The maximum absolute atomic E-state index is 10.8. The normalized spacial score (nSPS) is 29.2. The van der Waals surface area contributed by atoms with Gasteiger partial charge in [-0.1, -0.05) is 0 Å². The summed E-state index contributed by atoms with van der Waals surface area (Å²) in [6.45, 7) is 0.830. The Morgan fingerprint density at radius 1 is 1.60 bits per heavy atom. The average molecular weight is 184 g/mol. The van der Waals surface area contributed by atoms with Gasteiger partial charge in [-0.15, -0.1) is 0 Å². The highest BCUT2D eigenvalue weighted by molar-refractivity contribution is 8.14. The van der Waals surface area contributed by atoms with Crippen LogP contribution in [-0.4, -0.2) is 32.3 Å². The van der Waals surface area contributed by atoms with Crippen LogP contribution in [0.3, 0.4) is 0 Å². The second kappa shape index (κ2) is 2.68. The standard InChI is InChI=1S/C5H10ClNO2S/c1-7-4-2-3-5(7)10(6,8)9/h5H,2-4H2,1H3. The summed E-state index contributed by atoms with van der Waals surface area (Å²) >= 11 is 0.